The molecule has 92 valence electrons. The summed E-state index contributed by atoms with van der Waals surface area (Å²) in [5.74, 6) is -0.342. The summed E-state index contributed by atoms with van der Waals surface area (Å²) < 4.78 is 0. The number of amides is 1. The van der Waals surface area contributed by atoms with E-state index in [-0.39, 0.29) is 16.1 Å². The monoisotopic (exact) mass is 299 g/mol. The van der Waals surface area contributed by atoms with Gasteiger partial charge in [0.15, 0.2) is 0 Å². The first kappa shape index (κ1) is 13.0. The van der Waals surface area contributed by atoms with E-state index in [1.807, 2.05) is 0 Å². The average Bonchev–Trinajstić information content (AvgIpc) is 2.80. The van der Waals surface area contributed by atoms with Crippen molar-refractivity contribution in [3.63, 3.8) is 0 Å². The van der Waals surface area contributed by atoms with Gasteiger partial charge in [0.05, 0.1) is 4.88 Å². The van der Waals surface area contributed by atoms with Gasteiger partial charge in [0.1, 0.15) is 16.1 Å². The summed E-state index contributed by atoms with van der Waals surface area (Å²) in [6, 6.07) is 6.43. The molecule has 0 aliphatic carbocycles. The van der Waals surface area contributed by atoms with Gasteiger partial charge in [-0.3, -0.25) is 4.79 Å². The Morgan fingerprint density at radius 3 is 2.56 bits per heavy atom. The second-order valence-corrected chi connectivity index (χ2v) is 5.00. The van der Waals surface area contributed by atoms with Crippen LogP contribution >= 0.6 is 34.5 Å². The molecular weight excluding hydrogens is 293 g/mol. The molecule has 1 amide bonds. The molecule has 0 saturated carbocycles. The van der Waals surface area contributed by atoms with Crippen LogP contribution < -0.4 is 5.73 Å². The second kappa shape index (κ2) is 5.48. The number of halogens is 2. The van der Waals surface area contributed by atoms with Crippen LogP contribution in [-0.4, -0.2) is 16.7 Å². The number of amidine groups is 1. The number of hydrogen-bond donors (Lipinski definition) is 1. The summed E-state index contributed by atoms with van der Waals surface area (Å²) in [7, 11) is 0. The van der Waals surface area contributed by atoms with Gasteiger partial charge in [-0.2, -0.15) is 4.99 Å². The fraction of sp³-hybridized carbons (Fsp3) is 0. The minimum atomic E-state index is -0.397. The molecule has 0 spiro atoms. The largest absolute Gasteiger partial charge is 0.383 e. The Morgan fingerprint density at radius 2 is 2.00 bits per heavy atom. The van der Waals surface area contributed by atoms with Gasteiger partial charge in [0.25, 0.3) is 5.91 Å². The van der Waals surface area contributed by atoms with Gasteiger partial charge in [-0.05, 0) is 23.6 Å². The minimum Gasteiger partial charge on any atom is -0.383 e. The van der Waals surface area contributed by atoms with Crippen LogP contribution in [0.2, 0.25) is 10.3 Å². The average molecular weight is 300 g/mol. The standard InChI is InChI=1S/C11H7Cl2N3OS/c12-8-4-6(5-9(13)15-8)10(14)16-11(17)7-2-1-3-18-7/h1-5H,(H2,14,16,17). The highest BCUT2D eigenvalue weighted by molar-refractivity contribution is 7.12. The predicted molar refractivity (Wildman–Crippen MR) is 73.6 cm³/mol. The van der Waals surface area contributed by atoms with Crippen molar-refractivity contribution in [2.75, 3.05) is 0 Å². The van der Waals surface area contributed by atoms with Gasteiger partial charge in [0, 0.05) is 5.56 Å². The maximum absolute atomic E-state index is 11.7. The van der Waals surface area contributed by atoms with Crippen molar-refractivity contribution >= 4 is 46.3 Å². The molecule has 0 fully saturated rings. The molecule has 0 atom stereocenters. The molecule has 0 aliphatic rings. The lowest BCUT2D eigenvalue weighted by atomic mass is 10.2. The molecule has 18 heavy (non-hydrogen) atoms. The Kier molecular flexibility index (Phi) is 3.96. The van der Waals surface area contributed by atoms with E-state index in [0.717, 1.165) is 0 Å². The summed E-state index contributed by atoms with van der Waals surface area (Å²) in [5.41, 5.74) is 6.19. The van der Waals surface area contributed by atoms with Crippen LogP contribution in [0.5, 0.6) is 0 Å². The van der Waals surface area contributed by atoms with Crippen LogP contribution in [0, 0.1) is 0 Å². The number of nitrogens with two attached hydrogens (primary N) is 1. The van der Waals surface area contributed by atoms with Crippen molar-refractivity contribution in [2.45, 2.75) is 0 Å². The molecule has 2 aromatic heterocycles. The predicted octanol–water partition coefficient (Wildman–Crippen LogP) is 3.00. The molecule has 2 aromatic rings. The quantitative estimate of drug-likeness (QED) is 0.526. The van der Waals surface area contributed by atoms with Crippen LogP contribution in [0.1, 0.15) is 15.2 Å². The first-order chi connectivity index (χ1) is 8.56. The first-order valence-corrected chi connectivity index (χ1v) is 6.45. The van der Waals surface area contributed by atoms with Crippen molar-refractivity contribution in [3.05, 3.63) is 50.4 Å². The Hall–Kier alpha value is -1.43. The lowest BCUT2D eigenvalue weighted by molar-refractivity contribution is 0.101. The Bertz CT molecular complexity index is 591. The molecule has 0 aliphatic heterocycles. The molecule has 2 N–H and O–H groups in total. The number of aromatic nitrogens is 1. The normalized spacial score (nSPS) is 11.6. The summed E-state index contributed by atoms with van der Waals surface area (Å²) in [6.45, 7) is 0. The highest BCUT2D eigenvalue weighted by Gasteiger charge is 2.08. The smallest absolute Gasteiger partial charge is 0.288 e. The molecule has 7 heteroatoms. The molecular formula is C11H7Cl2N3OS. The molecule has 4 nitrogen and oxygen atoms in total. The third-order valence-corrected chi connectivity index (χ3v) is 3.26. The van der Waals surface area contributed by atoms with E-state index in [0.29, 0.717) is 10.4 Å². The summed E-state index contributed by atoms with van der Waals surface area (Å²) >= 11 is 12.8. The van der Waals surface area contributed by atoms with Crippen molar-refractivity contribution in [2.24, 2.45) is 10.7 Å². The van der Waals surface area contributed by atoms with E-state index >= 15 is 0 Å². The fourth-order valence-corrected chi connectivity index (χ4v) is 2.31. The number of pyridine rings is 1. The van der Waals surface area contributed by atoms with E-state index in [4.69, 9.17) is 28.9 Å². The third-order valence-electron chi connectivity index (χ3n) is 2.01. The molecule has 0 aromatic carbocycles. The maximum Gasteiger partial charge on any atom is 0.288 e. The van der Waals surface area contributed by atoms with Crippen molar-refractivity contribution < 1.29 is 4.79 Å². The molecule has 2 heterocycles. The fourth-order valence-electron chi connectivity index (χ4n) is 1.24. The van der Waals surface area contributed by atoms with E-state index in [1.165, 1.54) is 23.5 Å². The van der Waals surface area contributed by atoms with Crippen molar-refractivity contribution in [3.8, 4) is 0 Å². The number of thiophene rings is 1. The summed E-state index contributed by atoms with van der Waals surface area (Å²) in [4.78, 5) is 19.8. The van der Waals surface area contributed by atoms with E-state index < -0.39 is 5.91 Å². The van der Waals surface area contributed by atoms with Crippen LogP contribution in [0.3, 0.4) is 0 Å². The topological polar surface area (TPSA) is 68.3 Å². The van der Waals surface area contributed by atoms with Crippen molar-refractivity contribution in [1.82, 2.24) is 4.98 Å². The molecule has 0 unspecified atom stereocenters. The number of carbonyl (C=O) groups is 1. The van der Waals surface area contributed by atoms with Crippen LogP contribution in [-0.2, 0) is 0 Å². The Labute approximate surface area is 117 Å². The SMILES string of the molecule is NC(=NC(=O)c1cccs1)c1cc(Cl)nc(Cl)c1. The number of rotatable bonds is 2. The van der Waals surface area contributed by atoms with Gasteiger partial charge >= 0.3 is 0 Å². The van der Waals surface area contributed by atoms with Gasteiger partial charge in [-0.15, -0.1) is 11.3 Å². The lowest BCUT2D eigenvalue weighted by Crippen LogP contribution is -2.15. The zero-order chi connectivity index (χ0) is 13.1. The zero-order valence-corrected chi connectivity index (χ0v) is 11.3. The summed E-state index contributed by atoms with van der Waals surface area (Å²) in [6.07, 6.45) is 0. The Morgan fingerprint density at radius 1 is 1.33 bits per heavy atom. The number of hydrogen-bond acceptors (Lipinski definition) is 3. The van der Waals surface area contributed by atoms with E-state index in [9.17, 15) is 4.79 Å². The van der Waals surface area contributed by atoms with Gasteiger partial charge < -0.3 is 5.73 Å². The number of nitrogens with zero attached hydrogens (tertiary/aromatic N) is 2. The second-order valence-electron chi connectivity index (χ2n) is 3.28. The zero-order valence-electron chi connectivity index (χ0n) is 8.93. The van der Waals surface area contributed by atoms with Gasteiger partial charge in [0.2, 0.25) is 0 Å². The van der Waals surface area contributed by atoms with E-state index in [1.54, 1.807) is 17.5 Å². The lowest BCUT2D eigenvalue weighted by Gasteiger charge is -2.01. The Balaban J connectivity index is 2.30. The van der Waals surface area contributed by atoms with Crippen LogP contribution in [0.4, 0.5) is 0 Å². The molecule has 0 bridgehead atoms. The highest BCUT2D eigenvalue weighted by atomic mass is 35.5. The van der Waals surface area contributed by atoms with Crippen molar-refractivity contribution in [1.29, 1.82) is 0 Å². The van der Waals surface area contributed by atoms with Gasteiger partial charge in [-0.1, -0.05) is 29.3 Å². The third kappa shape index (κ3) is 3.07. The highest BCUT2D eigenvalue weighted by Crippen LogP contribution is 2.15. The van der Waals surface area contributed by atoms with Gasteiger partial charge in [-0.25, -0.2) is 4.98 Å². The number of aliphatic imine (C=N–C) groups is 1. The van der Waals surface area contributed by atoms with E-state index in [2.05, 4.69) is 9.98 Å². The minimum absolute atomic E-state index is 0.0552. The molecule has 0 saturated heterocycles. The van der Waals surface area contributed by atoms with Crippen LogP contribution in [0.25, 0.3) is 0 Å². The van der Waals surface area contributed by atoms with Crippen LogP contribution in [0.15, 0.2) is 34.6 Å². The molecule has 2 rings (SSSR count). The summed E-state index contributed by atoms with van der Waals surface area (Å²) in [5, 5.41) is 2.18. The maximum atomic E-state index is 11.7. The molecule has 0 radical (unpaired) electrons. The first-order valence-electron chi connectivity index (χ1n) is 4.82. The number of carbonyl (C=O) groups excluding carboxylic acids is 1.